The minimum absolute atomic E-state index is 0. The molecule has 1 aliphatic heterocycles. The molecule has 1 N–H and O–H groups in total. The SMILES string of the molecule is COCC1(C(=O)N(C)c2ccc(OC)c(Cl)c2)CCNCC1.Cl. The van der Waals surface area contributed by atoms with Crippen molar-refractivity contribution in [3.63, 3.8) is 0 Å². The van der Waals surface area contributed by atoms with Crippen LogP contribution in [-0.2, 0) is 9.53 Å². The predicted molar refractivity (Wildman–Crippen MR) is 95.1 cm³/mol. The molecule has 0 bridgehead atoms. The van der Waals surface area contributed by atoms with Crippen LogP contribution in [0.4, 0.5) is 5.69 Å². The zero-order chi connectivity index (χ0) is 16.2. The van der Waals surface area contributed by atoms with Crippen LogP contribution in [0.1, 0.15) is 12.8 Å². The molecule has 0 spiro atoms. The first-order chi connectivity index (χ1) is 10.5. The summed E-state index contributed by atoms with van der Waals surface area (Å²) >= 11 is 6.16. The van der Waals surface area contributed by atoms with Crippen molar-refractivity contribution in [3.05, 3.63) is 23.2 Å². The normalized spacial score (nSPS) is 16.3. The quantitative estimate of drug-likeness (QED) is 0.874. The number of methoxy groups -OCH3 is 2. The van der Waals surface area contributed by atoms with E-state index < -0.39 is 5.41 Å². The molecule has 1 amide bonds. The Balaban J connectivity index is 0.00000264. The van der Waals surface area contributed by atoms with Gasteiger partial charge in [-0.05, 0) is 44.1 Å². The van der Waals surface area contributed by atoms with Crippen molar-refractivity contribution in [2.75, 3.05) is 45.9 Å². The Labute approximate surface area is 148 Å². The summed E-state index contributed by atoms with van der Waals surface area (Å²) in [5.74, 6) is 0.664. The Bertz CT molecular complexity index is 529. The molecule has 130 valence electrons. The van der Waals surface area contributed by atoms with Crippen LogP contribution in [0.3, 0.4) is 0 Å². The Morgan fingerprint density at radius 2 is 2.00 bits per heavy atom. The fraction of sp³-hybridized carbons (Fsp3) is 0.562. The highest BCUT2D eigenvalue weighted by Crippen LogP contribution is 2.35. The van der Waals surface area contributed by atoms with Crippen molar-refractivity contribution < 1.29 is 14.3 Å². The molecular formula is C16H24Cl2N2O3. The maximum absolute atomic E-state index is 13.0. The summed E-state index contributed by atoms with van der Waals surface area (Å²) < 4.78 is 10.5. The van der Waals surface area contributed by atoms with E-state index in [1.807, 2.05) is 6.07 Å². The molecule has 0 aromatic heterocycles. The van der Waals surface area contributed by atoms with Crippen molar-refractivity contribution in [2.24, 2.45) is 5.41 Å². The summed E-state index contributed by atoms with van der Waals surface area (Å²) in [7, 11) is 4.99. The molecule has 1 aromatic rings. The van der Waals surface area contributed by atoms with Gasteiger partial charge in [0, 0.05) is 19.8 Å². The summed E-state index contributed by atoms with van der Waals surface area (Å²) in [5.41, 5.74) is 0.283. The highest BCUT2D eigenvalue weighted by atomic mass is 35.5. The number of nitrogens with one attached hydrogen (secondary N) is 1. The van der Waals surface area contributed by atoms with E-state index in [4.69, 9.17) is 21.1 Å². The predicted octanol–water partition coefficient (Wildman–Crippen LogP) is 2.75. The second kappa shape index (κ2) is 8.73. The molecule has 23 heavy (non-hydrogen) atoms. The highest BCUT2D eigenvalue weighted by Gasteiger charge is 2.41. The Morgan fingerprint density at radius 3 is 2.52 bits per heavy atom. The second-order valence-electron chi connectivity index (χ2n) is 5.65. The maximum atomic E-state index is 13.0. The molecule has 7 heteroatoms. The summed E-state index contributed by atoms with van der Waals surface area (Å²) in [5, 5.41) is 3.78. The Hall–Kier alpha value is -1.01. The van der Waals surface area contributed by atoms with Gasteiger partial charge in [0.2, 0.25) is 5.91 Å². The molecule has 5 nitrogen and oxygen atoms in total. The zero-order valence-corrected chi connectivity index (χ0v) is 15.3. The first-order valence-electron chi connectivity index (χ1n) is 7.35. The molecule has 1 saturated heterocycles. The van der Waals surface area contributed by atoms with E-state index in [9.17, 15) is 4.79 Å². The van der Waals surface area contributed by atoms with E-state index in [0.29, 0.717) is 17.4 Å². The lowest BCUT2D eigenvalue weighted by atomic mass is 9.78. The average Bonchev–Trinajstić information content (AvgIpc) is 2.54. The Kier molecular flexibility index (Phi) is 7.61. The van der Waals surface area contributed by atoms with Crippen molar-refractivity contribution in [3.8, 4) is 5.75 Å². The highest BCUT2D eigenvalue weighted by molar-refractivity contribution is 6.32. The van der Waals surface area contributed by atoms with Gasteiger partial charge in [0.15, 0.2) is 0 Å². The van der Waals surface area contributed by atoms with Crippen molar-refractivity contribution in [1.29, 1.82) is 0 Å². The lowest BCUT2D eigenvalue weighted by Gasteiger charge is -2.38. The van der Waals surface area contributed by atoms with E-state index in [1.54, 1.807) is 38.3 Å². The molecule has 0 unspecified atom stereocenters. The van der Waals surface area contributed by atoms with E-state index >= 15 is 0 Å². The molecule has 1 aromatic carbocycles. The van der Waals surface area contributed by atoms with Crippen molar-refractivity contribution in [1.82, 2.24) is 5.32 Å². The van der Waals surface area contributed by atoms with Gasteiger partial charge >= 0.3 is 0 Å². The number of ether oxygens (including phenoxy) is 2. The molecule has 2 rings (SSSR count). The zero-order valence-electron chi connectivity index (χ0n) is 13.7. The topological polar surface area (TPSA) is 50.8 Å². The smallest absolute Gasteiger partial charge is 0.235 e. The number of benzene rings is 1. The standard InChI is InChI=1S/C16H23ClN2O3.ClH/c1-19(12-4-5-14(22-3)13(17)10-12)15(20)16(11-21-2)6-8-18-9-7-16;/h4-5,10,18H,6-9,11H2,1-3H3;1H. The monoisotopic (exact) mass is 362 g/mol. The number of hydrogen-bond acceptors (Lipinski definition) is 4. The van der Waals surface area contributed by atoms with Crippen LogP contribution < -0.4 is 15.0 Å². The molecule has 0 saturated carbocycles. The number of piperidine rings is 1. The third kappa shape index (κ3) is 4.29. The second-order valence-corrected chi connectivity index (χ2v) is 6.05. The summed E-state index contributed by atoms with van der Waals surface area (Å²) in [6.07, 6.45) is 1.54. The molecule has 1 heterocycles. The first kappa shape index (κ1) is 20.0. The number of halogens is 2. The van der Waals surface area contributed by atoms with Gasteiger partial charge in [-0.15, -0.1) is 12.4 Å². The van der Waals surface area contributed by atoms with Gasteiger partial charge in [-0.25, -0.2) is 0 Å². The summed E-state index contributed by atoms with van der Waals surface area (Å²) in [4.78, 5) is 14.7. The minimum atomic E-state index is -0.471. The van der Waals surface area contributed by atoms with Gasteiger partial charge in [-0.3, -0.25) is 4.79 Å². The molecule has 0 aliphatic carbocycles. The molecule has 1 aliphatic rings. The largest absolute Gasteiger partial charge is 0.495 e. The molecule has 0 atom stereocenters. The van der Waals surface area contributed by atoms with Crippen LogP contribution in [0.25, 0.3) is 0 Å². The van der Waals surface area contributed by atoms with Gasteiger partial charge in [0.25, 0.3) is 0 Å². The van der Waals surface area contributed by atoms with Crippen LogP contribution in [-0.4, -0.2) is 46.9 Å². The minimum Gasteiger partial charge on any atom is -0.495 e. The maximum Gasteiger partial charge on any atom is 0.235 e. The fourth-order valence-corrected chi connectivity index (χ4v) is 3.19. The van der Waals surface area contributed by atoms with E-state index in [-0.39, 0.29) is 18.3 Å². The molecule has 1 fully saturated rings. The van der Waals surface area contributed by atoms with Gasteiger partial charge in [-0.2, -0.15) is 0 Å². The van der Waals surface area contributed by atoms with Gasteiger partial charge in [-0.1, -0.05) is 11.6 Å². The first-order valence-corrected chi connectivity index (χ1v) is 7.73. The summed E-state index contributed by atoms with van der Waals surface area (Å²) in [6.45, 7) is 2.08. The lowest BCUT2D eigenvalue weighted by Crippen LogP contribution is -2.50. The number of amides is 1. The number of rotatable bonds is 5. The number of hydrogen-bond donors (Lipinski definition) is 1. The molecule has 0 radical (unpaired) electrons. The van der Waals surface area contributed by atoms with E-state index in [1.165, 1.54) is 0 Å². The third-order valence-electron chi connectivity index (χ3n) is 4.26. The van der Waals surface area contributed by atoms with Gasteiger partial charge in [0.05, 0.1) is 24.2 Å². The van der Waals surface area contributed by atoms with E-state index in [2.05, 4.69) is 5.32 Å². The lowest BCUT2D eigenvalue weighted by molar-refractivity contribution is -0.133. The van der Waals surface area contributed by atoms with Crippen LogP contribution in [0.2, 0.25) is 5.02 Å². The van der Waals surface area contributed by atoms with Crippen molar-refractivity contribution >= 4 is 35.6 Å². The van der Waals surface area contributed by atoms with Crippen LogP contribution >= 0.6 is 24.0 Å². The van der Waals surface area contributed by atoms with E-state index in [0.717, 1.165) is 31.6 Å². The number of carbonyl (C=O) groups is 1. The number of carbonyl (C=O) groups excluding carboxylic acids is 1. The summed E-state index contributed by atoms with van der Waals surface area (Å²) in [6, 6.07) is 5.36. The van der Waals surface area contributed by atoms with Crippen molar-refractivity contribution in [2.45, 2.75) is 12.8 Å². The van der Waals surface area contributed by atoms with Crippen LogP contribution in [0.5, 0.6) is 5.75 Å². The third-order valence-corrected chi connectivity index (χ3v) is 4.56. The number of nitrogens with zero attached hydrogens (tertiary/aromatic N) is 1. The van der Waals surface area contributed by atoms with Crippen LogP contribution in [0, 0.1) is 5.41 Å². The van der Waals surface area contributed by atoms with Crippen LogP contribution in [0.15, 0.2) is 18.2 Å². The number of anilines is 1. The average molecular weight is 363 g/mol. The molecular weight excluding hydrogens is 339 g/mol. The van der Waals surface area contributed by atoms with Gasteiger partial charge < -0.3 is 19.7 Å². The fourth-order valence-electron chi connectivity index (χ4n) is 2.94. The Morgan fingerprint density at radius 1 is 1.35 bits per heavy atom. The van der Waals surface area contributed by atoms with Gasteiger partial charge in [0.1, 0.15) is 5.75 Å².